The van der Waals surface area contributed by atoms with E-state index >= 15 is 0 Å². The summed E-state index contributed by atoms with van der Waals surface area (Å²) >= 11 is 0. The van der Waals surface area contributed by atoms with E-state index in [2.05, 4.69) is 20.8 Å². The molecule has 0 saturated carbocycles. The van der Waals surface area contributed by atoms with Gasteiger partial charge in [-0.2, -0.15) is 0 Å². The molecule has 2 atom stereocenters. The van der Waals surface area contributed by atoms with Crippen LogP contribution in [0.1, 0.15) is 33.6 Å². The van der Waals surface area contributed by atoms with Gasteiger partial charge in [-0.25, -0.2) is 0 Å². The van der Waals surface area contributed by atoms with Gasteiger partial charge in [0.15, 0.2) is 0 Å². The van der Waals surface area contributed by atoms with Gasteiger partial charge in [0.25, 0.3) is 0 Å². The van der Waals surface area contributed by atoms with E-state index in [9.17, 15) is 0 Å². The molecule has 1 heteroatoms. The molecule has 0 rings (SSSR count). The Bertz CT molecular complexity index is 57.6. The minimum Gasteiger partial charge on any atom is -0.381 e. The monoisotopic (exact) mass is 130 g/mol. The van der Waals surface area contributed by atoms with Crippen LogP contribution in [0.15, 0.2) is 0 Å². The zero-order valence-electron chi connectivity index (χ0n) is 6.98. The number of ether oxygens (including phenoxy) is 1. The van der Waals surface area contributed by atoms with Crippen LogP contribution in [0, 0.1) is 5.92 Å². The Morgan fingerprint density at radius 1 is 1.22 bits per heavy atom. The van der Waals surface area contributed by atoms with Crippen LogP contribution < -0.4 is 0 Å². The average Bonchev–Trinajstić information content (AvgIpc) is 1.90. The van der Waals surface area contributed by atoms with Crippen molar-refractivity contribution in [2.75, 3.05) is 7.11 Å². The molecule has 0 unspecified atom stereocenters. The van der Waals surface area contributed by atoms with Crippen LogP contribution in [0.25, 0.3) is 0 Å². The van der Waals surface area contributed by atoms with E-state index < -0.39 is 0 Å². The molecule has 0 bridgehead atoms. The maximum atomic E-state index is 5.25. The number of methoxy groups -OCH3 is 1. The molecule has 0 aliphatic heterocycles. The summed E-state index contributed by atoms with van der Waals surface area (Å²) in [6.45, 7) is 6.60. The lowest BCUT2D eigenvalue weighted by molar-refractivity contribution is 0.0543. The van der Waals surface area contributed by atoms with Crippen LogP contribution >= 0.6 is 0 Å². The van der Waals surface area contributed by atoms with Gasteiger partial charge >= 0.3 is 0 Å². The molecule has 56 valence electrons. The fourth-order valence-corrected chi connectivity index (χ4v) is 1.06. The lowest BCUT2D eigenvalue weighted by Gasteiger charge is -2.18. The second kappa shape index (κ2) is 4.80. The first kappa shape index (κ1) is 8.96. The molecule has 0 fully saturated rings. The van der Waals surface area contributed by atoms with Crippen LogP contribution in [-0.2, 0) is 4.74 Å². The SMILES string of the molecule is CC[C@@H](C)[C@H](CC)OC. The molecule has 0 spiro atoms. The average molecular weight is 130 g/mol. The number of hydrogen-bond donors (Lipinski definition) is 0. The smallest absolute Gasteiger partial charge is 0.0594 e. The van der Waals surface area contributed by atoms with E-state index in [1.165, 1.54) is 6.42 Å². The second-order valence-corrected chi connectivity index (χ2v) is 2.57. The highest BCUT2D eigenvalue weighted by atomic mass is 16.5. The molecule has 0 aromatic heterocycles. The molecular formula is C8H18O. The first-order chi connectivity index (χ1) is 4.26. The Balaban J connectivity index is 3.50. The molecule has 0 radical (unpaired) electrons. The lowest BCUT2D eigenvalue weighted by atomic mass is 10.0. The summed E-state index contributed by atoms with van der Waals surface area (Å²) in [6, 6.07) is 0. The van der Waals surface area contributed by atoms with Gasteiger partial charge in [0, 0.05) is 7.11 Å². The molecule has 0 heterocycles. The maximum absolute atomic E-state index is 5.25. The minimum atomic E-state index is 0.468. The predicted octanol–water partition coefficient (Wildman–Crippen LogP) is 2.46. The van der Waals surface area contributed by atoms with Crippen LogP contribution in [0.2, 0.25) is 0 Å². The van der Waals surface area contributed by atoms with Crippen molar-refractivity contribution >= 4 is 0 Å². The van der Waals surface area contributed by atoms with Crippen molar-refractivity contribution < 1.29 is 4.74 Å². The van der Waals surface area contributed by atoms with E-state index in [4.69, 9.17) is 4.74 Å². The highest BCUT2D eigenvalue weighted by Crippen LogP contribution is 2.12. The molecule has 0 amide bonds. The van der Waals surface area contributed by atoms with Gasteiger partial charge in [-0.15, -0.1) is 0 Å². The molecule has 0 aliphatic carbocycles. The molecule has 0 aliphatic rings. The normalized spacial score (nSPS) is 17.3. The topological polar surface area (TPSA) is 9.23 Å². The minimum absolute atomic E-state index is 0.468. The van der Waals surface area contributed by atoms with E-state index in [-0.39, 0.29) is 0 Å². The highest BCUT2D eigenvalue weighted by Gasteiger charge is 2.10. The first-order valence-electron chi connectivity index (χ1n) is 3.79. The third kappa shape index (κ3) is 2.85. The van der Waals surface area contributed by atoms with Gasteiger partial charge < -0.3 is 4.74 Å². The van der Waals surface area contributed by atoms with E-state index in [0.717, 1.165) is 6.42 Å². The van der Waals surface area contributed by atoms with Crippen LogP contribution in [-0.4, -0.2) is 13.2 Å². The largest absolute Gasteiger partial charge is 0.381 e. The van der Waals surface area contributed by atoms with E-state index in [0.29, 0.717) is 12.0 Å². The molecular weight excluding hydrogens is 112 g/mol. The molecule has 0 saturated heterocycles. The molecule has 0 N–H and O–H groups in total. The summed E-state index contributed by atoms with van der Waals surface area (Å²) < 4.78 is 5.25. The van der Waals surface area contributed by atoms with Crippen molar-refractivity contribution in [2.45, 2.75) is 39.7 Å². The summed E-state index contributed by atoms with van der Waals surface area (Å²) in [5, 5.41) is 0. The van der Waals surface area contributed by atoms with Crippen LogP contribution in [0.3, 0.4) is 0 Å². The number of hydrogen-bond acceptors (Lipinski definition) is 1. The molecule has 9 heavy (non-hydrogen) atoms. The quantitative estimate of drug-likeness (QED) is 0.568. The molecule has 1 nitrogen and oxygen atoms in total. The fraction of sp³-hybridized carbons (Fsp3) is 1.00. The van der Waals surface area contributed by atoms with Crippen molar-refractivity contribution in [1.29, 1.82) is 0 Å². The van der Waals surface area contributed by atoms with Crippen molar-refractivity contribution in [2.24, 2.45) is 5.92 Å². The summed E-state index contributed by atoms with van der Waals surface area (Å²) in [5.74, 6) is 0.708. The van der Waals surface area contributed by atoms with Crippen molar-refractivity contribution in [3.05, 3.63) is 0 Å². The third-order valence-corrected chi connectivity index (χ3v) is 1.98. The lowest BCUT2D eigenvalue weighted by Crippen LogP contribution is -2.18. The summed E-state index contributed by atoms with van der Waals surface area (Å²) in [5.41, 5.74) is 0. The number of rotatable bonds is 4. The van der Waals surface area contributed by atoms with Gasteiger partial charge in [-0.1, -0.05) is 27.2 Å². The van der Waals surface area contributed by atoms with Gasteiger partial charge in [0.2, 0.25) is 0 Å². The third-order valence-electron chi connectivity index (χ3n) is 1.98. The van der Waals surface area contributed by atoms with Crippen molar-refractivity contribution in [1.82, 2.24) is 0 Å². The Labute approximate surface area is 58.4 Å². The first-order valence-corrected chi connectivity index (χ1v) is 3.79. The summed E-state index contributed by atoms with van der Waals surface area (Å²) in [7, 11) is 1.79. The van der Waals surface area contributed by atoms with Gasteiger partial charge in [-0.05, 0) is 12.3 Å². The fourth-order valence-electron chi connectivity index (χ4n) is 1.06. The maximum Gasteiger partial charge on any atom is 0.0594 e. The Kier molecular flexibility index (Phi) is 4.78. The predicted molar refractivity (Wildman–Crippen MR) is 40.5 cm³/mol. The highest BCUT2D eigenvalue weighted by molar-refractivity contribution is 4.61. The summed E-state index contributed by atoms with van der Waals surface area (Å²) in [4.78, 5) is 0. The molecule has 0 aromatic carbocycles. The van der Waals surface area contributed by atoms with Gasteiger partial charge in [0.05, 0.1) is 6.10 Å². The Hall–Kier alpha value is -0.0400. The zero-order valence-corrected chi connectivity index (χ0v) is 6.98. The second-order valence-electron chi connectivity index (χ2n) is 2.57. The molecule has 0 aromatic rings. The standard InChI is InChI=1S/C8H18O/c1-5-7(3)8(6-2)9-4/h7-8H,5-6H2,1-4H3/t7-,8+/m1/s1. The van der Waals surface area contributed by atoms with Crippen LogP contribution in [0.4, 0.5) is 0 Å². The van der Waals surface area contributed by atoms with Crippen LogP contribution in [0.5, 0.6) is 0 Å². The van der Waals surface area contributed by atoms with Gasteiger partial charge in [-0.3, -0.25) is 0 Å². The Morgan fingerprint density at radius 3 is 1.89 bits per heavy atom. The van der Waals surface area contributed by atoms with Crippen molar-refractivity contribution in [3.8, 4) is 0 Å². The van der Waals surface area contributed by atoms with E-state index in [1.807, 2.05) is 0 Å². The van der Waals surface area contributed by atoms with E-state index in [1.54, 1.807) is 7.11 Å². The zero-order chi connectivity index (χ0) is 7.28. The Morgan fingerprint density at radius 2 is 1.78 bits per heavy atom. The summed E-state index contributed by atoms with van der Waals surface area (Å²) in [6.07, 6.45) is 2.81. The van der Waals surface area contributed by atoms with Gasteiger partial charge in [0.1, 0.15) is 0 Å². The van der Waals surface area contributed by atoms with Crippen molar-refractivity contribution in [3.63, 3.8) is 0 Å².